The summed E-state index contributed by atoms with van der Waals surface area (Å²) in [6.45, 7) is 2.06. The lowest BCUT2D eigenvalue weighted by Crippen LogP contribution is -2.30. The summed E-state index contributed by atoms with van der Waals surface area (Å²) in [7, 11) is -1.32. The fourth-order valence-electron chi connectivity index (χ4n) is 2.53. The van der Waals surface area contributed by atoms with E-state index >= 15 is 0 Å². The molecular formula is C14H21NO4S. The Morgan fingerprint density at radius 3 is 2.65 bits per heavy atom. The number of ether oxygens (including phenoxy) is 1. The molecule has 0 radical (unpaired) electrons. The van der Waals surface area contributed by atoms with Crippen LogP contribution in [-0.4, -0.2) is 44.3 Å². The summed E-state index contributed by atoms with van der Waals surface area (Å²) in [5, 5.41) is 13.0. The van der Waals surface area contributed by atoms with Crippen molar-refractivity contribution in [3.05, 3.63) is 29.8 Å². The molecule has 20 heavy (non-hydrogen) atoms. The Kier molecular flexibility index (Phi) is 4.67. The number of aliphatic hydroxyl groups excluding tert-OH is 1. The summed E-state index contributed by atoms with van der Waals surface area (Å²) < 4.78 is 28.8. The first-order valence-electron chi connectivity index (χ1n) is 6.78. The van der Waals surface area contributed by atoms with Crippen molar-refractivity contribution in [2.24, 2.45) is 0 Å². The van der Waals surface area contributed by atoms with Crippen molar-refractivity contribution >= 4 is 9.84 Å². The molecule has 3 atom stereocenters. The molecule has 1 fully saturated rings. The minimum absolute atomic E-state index is 0.126. The summed E-state index contributed by atoms with van der Waals surface area (Å²) in [4.78, 5) is 0. The van der Waals surface area contributed by atoms with Crippen molar-refractivity contribution in [3.8, 4) is 5.75 Å². The quantitative estimate of drug-likeness (QED) is 0.844. The molecule has 0 bridgehead atoms. The van der Waals surface area contributed by atoms with Crippen LogP contribution in [0.15, 0.2) is 24.3 Å². The molecule has 0 amide bonds. The van der Waals surface area contributed by atoms with Gasteiger partial charge in [0.2, 0.25) is 0 Å². The van der Waals surface area contributed by atoms with Gasteiger partial charge in [-0.25, -0.2) is 8.42 Å². The summed E-state index contributed by atoms with van der Waals surface area (Å²) in [6.07, 6.45) is -0.749. The smallest absolute Gasteiger partial charge is 0.156 e. The Morgan fingerprint density at radius 2 is 2.10 bits per heavy atom. The summed E-state index contributed by atoms with van der Waals surface area (Å²) in [5.74, 6) is 0.289. The SMILES string of the molecule is CCC(NC)c1ccccc1OC1CS(=O)(=O)CC1O. The van der Waals surface area contributed by atoms with Gasteiger partial charge in [0.1, 0.15) is 18.0 Å². The van der Waals surface area contributed by atoms with Crippen LogP contribution in [0.5, 0.6) is 5.75 Å². The first-order chi connectivity index (χ1) is 9.46. The van der Waals surface area contributed by atoms with Gasteiger partial charge in [-0.3, -0.25) is 0 Å². The maximum Gasteiger partial charge on any atom is 0.156 e. The number of sulfone groups is 1. The highest BCUT2D eigenvalue weighted by Gasteiger charge is 2.38. The van der Waals surface area contributed by atoms with Crippen molar-refractivity contribution in [1.82, 2.24) is 5.32 Å². The molecule has 2 N–H and O–H groups in total. The van der Waals surface area contributed by atoms with Crippen LogP contribution >= 0.6 is 0 Å². The van der Waals surface area contributed by atoms with Crippen molar-refractivity contribution in [2.45, 2.75) is 31.6 Å². The van der Waals surface area contributed by atoms with Gasteiger partial charge in [-0.1, -0.05) is 25.1 Å². The van der Waals surface area contributed by atoms with Crippen LogP contribution in [0.25, 0.3) is 0 Å². The second kappa shape index (κ2) is 6.11. The number of benzene rings is 1. The number of hydrogen-bond acceptors (Lipinski definition) is 5. The number of rotatable bonds is 5. The zero-order valence-electron chi connectivity index (χ0n) is 11.7. The fraction of sp³-hybridized carbons (Fsp3) is 0.571. The van der Waals surface area contributed by atoms with E-state index in [9.17, 15) is 13.5 Å². The van der Waals surface area contributed by atoms with Gasteiger partial charge in [0.15, 0.2) is 9.84 Å². The van der Waals surface area contributed by atoms with E-state index < -0.39 is 22.0 Å². The number of para-hydroxylation sites is 1. The fourth-order valence-corrected chi connectivity index (χ4v) is 4.19. The number of hydrogen-bond donors (Lipinski definition) is 2. The topological polar surface area (TPSA) is 75.6 Å². The molecule has 2 rings (SSSR count). The van der Waals surface area contributed by atoms with E-state index in [-0.39, 0.29) is 17.5 Å². The van der Waals surface area contributed by atoms with Crippen LogP contribution in [0.2, 0.25) is 0 Å². The Balaban J connectivity index is 2.22. The molecule has 0 saturated carbocycles. The zero-order valence-corrected chi connectivity index (χ0v) is 12.6. The molecule has 3 unspecified atom stereocenters. The third-order valence-corrected chi connectivity index (χ3v) is 5.29. The first kappa shape index (κ1) is 15.3. The van der Waals surface area contributed by atoms with Gasteiger partial charge in [-0.05, 0) is 19.5 Å². The molecule has 0 aromatic heterocycles. The van der Waals surface area contributed by atoms with Crippen LogP contribution < -0.4 is 10.1 Å². The van der Waals surface area contributed by atoms with Crippen molar-refractivity contribution in [1.29, 1.82) is 0 Å². The average Bonchev–Trinajstić information content (AvgIpc) is 2.65. The molecule has 1 aromatic carbocycles. The van der Waals surface area contributed by atoms with Crippen LogP contribution in [-0.2, 0) is 9.84 Å². The van der Waals surface area contributed by atoms with Crippen LogP contribution in [0.4, 0.5) is 0 Å². The van der Waals surface area contributed by atoms with E-state index in [4.69, 9.17) is 4.74 Å². The number of nitrogens with one attached hydrogen (secondary N) is 1. The zero-order chi connectivity index (χ0) is 14.8. The monoisotopic (exact) mass is 299 g/mol. The molecule has 1 saturated heterocycles. The second-order valence-electron chi connectivity index (χ2n) is 5.09. The molecule has 0 aliphatic carbocycles. The maximum absolute atomic E-state index is 11.5. The number of aliphatic hydroxyl groups is 1. The Morgan fingerprint density at radius 1 is 1.40 bits per heavy atom. The Hall–Kier alpha value is -1.11. The van der Waals surface area contributed by atoms with E-state index in [0.29, 0.717) is 5.75 Å². The van der Waals surface area contributed by atoms with Gasteiger partial charge in [0.05, 0.1) is 11.5 Å². The third-order valence-electron chi connectivity index (χ3n) is 3.60. The minimum atomic E-state index is -3.20. The standard InChI is InChI=1S/C14H21NO4S/c1-3-11(15-2)10-6-4-5-7-13(10)19-14-9-20(17,18)8-12(14)16/h4-7,11-12,14-16H,3,8-9H2,1-2H3. The van der Waals surface area contributed by atoms with Gasteiger partial charge in [-0.15, -0.1) is 0 Å². The highest BCUT2D eigenvalue weighted by Crippen LogP contribution is 2.29. The van der Waals surface area contributed by atoms with Crippen LogP contribution in [0.1, 0.15) is 24.9 Å². The maximum atomic E-state index is 11.5. The molecule has 1 aliphatic heterocycles. The molecule has 1 aliphatic rings. The lowest BCUT2D eigenvalue weighted by molar-refractivity contribution is 0.0727. The predicted molar refractivity (Wildman–Crippen MR) is 77.6 cm³/mol. The average molecular weight is 299 g/mol. The van der Waals surface area contributed by atoms with E-state index in [2.05, 4.69) is 12.2 Å². The molecule has 1 aromatic rings. The predicted octanol–water partition coefficient (Wildman–Crippen LogP) is 0.894. The molecule has 1 heterocycles. The highest BCUT2D eigenvalue weighted by atomic mass is 32.2. The lowest BCUT2D eigenvalue weighted by Gasteiger charge is -2.22. The van der Waals surface area contributed by atoms with Gasteiger partial charge < -0.3 is 15.2 Å². The molecule has 112 valence electrons. The van der Waals surface area contributed by atoms with E-state index in [1.54, 1.807) is 0 Å². The summed E-state index contributed by atoms with van der Waals surface area (Å²) in [6, 6.07) is 7.67. The molecule has 6 heteroatoms. The lowest BCUT2D eigenvalue weighted by atomic mass is 10.0. The second-order valence-corrected chi connectivity index (χ2v) is 7.24. The summed E-state index contributed by atoms with van der Waals surface area (Å²) in [5.41, 5.74) is 0.981. The van der Waals surface area contributed by atoms with Crippen molar-refractivity contribution in [3.63, 3.8) is 0 Å². The Bertz CT molecular complexity index is 554. The molecular weight excluding hydrogens is 278 g/mol. The minimum Gasteiger partial charge on any atom is -0.486 e. The largest absolute Gasteiger partial charge is 0.486 e. The van der Waals surface area contributed by atoms with Gasteiger partial charge in [0.25, 0.3) is 0 Å². The van der Waals surface area contributed by atoms with E-state index in [1.807, 2.05) is 31.3 Å². The summed E-state index contributed by atoms with van der Waals surface area (Å²) >= 11 is 0. The van der Waals surface area contributed by atoms with E-state index in [1.165, 1.54) is 0 Å². The first-order valence-corrected chi connectivity index (χ1v) is 8.60. The van der Waals surface area contributed by atoms with Crippen molar-refractivity contribution in [2.75, 3.05) is 18.6 Å². The molecule has 0 spiro atoms. The highest BCUT2D eigenvalue weighted by molar-refractivity contribution is 7.91. The van der Waals surface area contributed by atoms with Crippen LogP contribution in [0, 0.1) is 0 Å². The third kappa shape index (κ3) is 3.31. The normalized spacial score (nSPS) is 26.4. The van der Waals surface area contributed by atoms with Gasteiger partial charge in [0, 0.05) is 11.6 Å². The molecule has 5 nitrogen and oxygen atoms in total. The Labute approximate surface area is 119 Å². The van der Waals surface area contributed by atoms with Gasteiger partial charge in [-0.2, -0.15) is 0 Å². The van der Waals surface area contributed by atoms with Crippen LogP contribution in [0.3, 0.4) is 0 Å². The van der Waals surface area contributed by atoms with E-state index in [0.717, 1.165) is 12.0 Å². The van der Waals surface area contributed by atoms with Gasteiger partial charge >= 0.3 is 0 Å². The van der Waals surface area contributed by atoms with Crippen molar-refractivity contribution < 1.29 is 18.3 Å².